The molecule has 3 aromatic carbocycles. The summed E-state index contributed by atoms with van der Waals surface area (Å²) in [6.07, 6.45) is -6.00. The van der Waals surface area contributed by atoms with Crippen molar-refractivity contribution < 1.29 is 37.0 Å². The first kappa shape index (κ1) is 26.4. The lowest BCUT2D eigenvalue weighted by molar-refractivity contribution is -0.306. The number of rotatable bonds is 10. The van der Waals surface area contributed by atoms with Gasteiger partial charge in [-0.05, 0) is 30.2 Å². The molecule has 3 aromatic rings. The van der Waals surface area contributed by atoms with Crippen LogP contribution >= 0.6 is 0 Å². The van der Waals surface area contributed by atoms with Gasteiger partial charge in [0.05, 0.1) is 24.7 Å². The van der Waals surface area contributed by atoms with Gasteiger partial charge < -0.3 is 24.4 Å². The van der Waals surface area contributed by atoms with E-state index in [0.717, 1.165) is 16.7 Å². The van der Waals surface area contributed by atoms with Gasteiger partial charge in [-0.15, -0.1) is 0 Å². The van der Waals surface area contributed by atoms with Crippen molar-refractivity contribution in [3.63, 3.8) is 0 Å². The molecule has 0 saturated carbocycles. The van der Waals surface area contributed by atoms with E-state index in [-0.39, 0.29) is 18.1 Å². The highest BCUT2D eigenvalue weighted by Gasteiger charge is 2.47. The van der Waals surface area contributed by atoms with E-state index in [4.69, 9.17) is 18.4 Å². The predicted octanol–water partition coefficient (Wildman–Crippen LogP) is 2.95. The summed E-state index contributed by atoms with van der Waals surface area (Å²) in [5.74, 6) is 0. The summed E-state index contributed by atoms with van der Waals surface area (Å²) in [7, 11) is -4.09. The molecule has 0 spiro atoms. The second-order valence-electron chi connectivity index (χ2n) is 8.63. The van der Waals surface area contributed by atoms with E-state index in [2.05, 4.69) is 0 Å². The SMILES string of the molecule is Cc1ccc(S(=O)(=O)OCC2OC(O)C(OCc3ccccc3)C(OCc3ccccc3)C2O)cc1. The van der Waals surface area contributed by atoms with E-state index in [1.807, 2.05) is 67.6 Å². The molecule has 192 valence electrons. The van der Waals surface area contributed by atoms with Crippen molar-refractivity contribution >= 4 is 10.1 Å². The zero-order valence-electron chi connectivity index (χ0n) is 19.8. The van der Waals surface area contributed by atoms with Crippen LogP contribution < -0.4 is 0 Å². The Morgan fingerprint density at radius 1 is 0.778 bits per heavy atom. The van der Waals surface area contributed by atoms with Gasteiger partial charge in [-0.2, -0.15) is 8.42 Å². The topological polar surface area (TPSA) is 112 Å². The van der Waals surface area contributed by atoms with Crippen molar-refractivity contribution in [2.24, 2.45) is 0 Å². The van der Waals surface area contributed by atoms with Crippen LogP contribution in [0.3, 0.4) is 0 Å². The van der Waals surface area contributed by atoms with Crippen molar-refractivity contribution in [3.8, 4) is 0 Å². The molecule has 1 heterocycles. The molecule has 5 atom stereocenters. The third-order valence-corrected chi connectivity index (χ3v) is 7.20. The highest BCUT2D eigenvalue weighted by Crippen LogP contribution is 2.28. The van der Waals surface area contributed by atoms with Crippen LogP contribution in [0.5, 0.6) is 0 Å². The monoisotopic (exact) mass is 514 g/mol. The molecule has 9 heteroatoms. The standard InChI is InChI=1S/C27H30O8S/c1-19-12-14-22(15-13-19)36(30,31)34-18-23-24(28)25(32-16-20-8-4-2-5-9-20)26(27(29)35-23)33-17-21-10-6-3-7-11-21/h2-15,23-29H,16-18H2,1H3. The first-order valence-corrected chi connectivity index (χ1v) is 13.0. The molecule has 1 aliphatic rings. The highest BCUT2D eigenvalue weighted by molar-refractivity contribution is 7.86. The predicted molar refractivity (Wildman–Crippen MR) is 131 cm³/mol. The molecule has 1 fully saturated rings. The fourth-order valence-corrected chi connectivity index (χ4v) is 4.80. The van der Waals surface area contributed by atoms with Crippen LogP contribution in [0, 0.1) is 6.92 Å². The lowest BCUT2D eigenvalue weighted by atomic mass is 9.98. The van der Waals surface area contributed by atoms with Crippen LogP contribution in [0.25, 0.3) is 0 Å². The molecule has 0 aliphatic carbocycles. The van der Waals surface area contributed by atoms with Crippen molar-refractivity contribution in [2.45, 2.75) is 55.7 Å². The summed E-state index contributed by atoms with van der Waals surface area (Å²) in [4.78, 5) is -0.0140. The molecule has 0 aromatic heterocycles. The van der Waals surface area contributed by atoms with E-state index in [0.29, 0.717) is 0 Å². The van der Waals surface area contributed by atoms with Crippen LogP contribution in [0.4, 0.5) is 0 Å². The maximum Gasteiger partial charge on any atom is 0.297 e. The maximum absolute atomic E-state index is 12.6. The van der Waals surface area contributed by atoms with Crippen LogP contribution in [0.2, 0.25) is 0 Å². The van der Waals surface area contributed by atoms with E-state index in [1.165, 1.54) is 12.1 Å². The Balaban J connectivity index is 1.47. The molecule has 0 bridgehead atoms. The lowest BCUT2D eigenvalue weighted by Gasteiger charge is -2.42. The van der Waals surface area contributed by atoms with Gasteiger partial charge in [0.2, 0.25) is 0 Å². The average molecular weight is 515 g/mol. The minimum absolute atomic E-state index is 0.0140. The fraction of sp³-hybridized carbons (Fsp3) is 0.333. The normalized spacial score (nSPS) is 24.5. The molecule has 0 amide bonds. The van der Waals surface area contributed by atoms with Gasteiger partial charge in [0.15, 0.2) is 6.29 Å². The summed E-state index contributed by atoms with van der Waals surface area (Å²) >= 11 is 0. The van der Waals surface area contributed by atoms with Gasteiger partial charge in [-0.3, -0.25) is 4.18 Å². The summed E-state index contributed by atoms with van der Waals surface area (Å²) in [5.41, 5.74) is 2.64. The zero-order chi connectivity index (χ0) is 25.5. The van der Waals surface area contributed by atoms with Crippen molar-refractivity contribution in [3.05, 3.63) is 102 Å². The number of hydrogen-bond donors (Lipinski definition) is 2. The molecule has 2 N–H and O–H groups in total. The quantitative estimate of drug-likeness (QED) is 0.397. The summed E-state index contributed by atoms with van der Waals surface area (Å²) < 4.78 is 47.8. The Labute approximate surface area is 211 Å². The Kier molecular flexibility index (Phi) is 8.86. The van der Waals surface area contributed by atoms with Crippen LogP contribution in [0.15, 0.2) is 89.8 Å². The number of ether oxygens (including phenoxy) is 3. The third kappa shape index (κ3) is 6.77. The van der Waals surface area contributed by atoms with E-state index < -0.39 is 47.4 Å². The van der Waals surface area contributed by atoms with Crippen LogP contribution in [0.1, 0.15) is 16.7 Å². The second kappa shape index (κ2) is 12.1. The summed E-state index contributed by atoms with van der Waals surface area (Å²) in [5, 5.41) is 21.8. The van der Waals surface area contributed by atoms with Crippen molar-refractivity contribution in [2.75, 3.05) is 6.61 Å². The minimum Gasteiger partial charge on any atom is -0.387 e. The molecule has 1 saturated heterocycles. The Hall–Kier alpha value is -2.63. The molecular weight excluding hydrogens is 484 g/mol. The molecule has 36 heavy (non-hydrogen) atoms. The summed E-state index contributed by atoms with van der Waals surface area (Å²) in [6.45, 7) is 1.64. The smallest absolute Gasteiger partial charge is 0.297 e. The van der Waals surface area contributed by atoms with Gasteiger partial charge in [-0.1, -0.05) is 78.4 Å². The average Bonchev–Trinajstić information content (AvgIpc) is 2.89. The Bertz CT molecular complexity index is 1190. The third-order valence-electron chi connectivity index (χ3n) is 5.90. The maximum atomic E-state index is 12.6. The molecular formula is C27H30O8S. The van der Waals surface area contributed by atoms with Gasteiger partial charge in [0.1, 0.15) is 24.4 Å². The van der Waals surface area contributed by atoms with Crippen LogP contribution in [-0.2, 0) is 41.7 Å². The lowest BCUT2D eigenvalue weighted by Crippen LogP contribution is -2.60. The highest BCUT2D eigenvalue weighted by atomic mass is 32.2. The Morgan fingerprint density at radius 3 is 1.86 bits per heavy atom. The van der Waals surface area contributed by atoms with E-state index in [1.54, 1.807) is 12.1 Å². The van der Waals surface area contributed by atoms with Crippen LogP contribution in [-0.4, -0.2) is 55.9 Å². The van der Waals surface area contributed by atoms with Gasteiger partial charge in [0.25, 0.3) is 10.1 Å². The number of hydrogen-bond acceptors (Lipinski definition) is 8. The largest absolute Gasteiger partial charge is 0.387 e. The fourth-order valence-electron chi connectivity index (χ4n) is 3.88. The number of aliphatic hydroxyl groups excluding tert-OH is 2. The number of aliphatic hydroxyl groups is 2. The van der Waals surface area contributed by atoms with Gasteiger partial charge >= 0.3 is 0 Å². The summed E-state index contributed by atoms with van der Waals surface area (Å²) in [6, 6.07) is 24.9. The van der Waals surface area contributed by atoms with Gasteiger partial charge in [0, 0.05) is 0 Å². The molecule has 4 rings (SSSR count). The Morgan fingerprint density at radius 2 is 1.31 bits per heavy atom. The second-order valence-corrected chi connectivity index (χ2v) is 10.2. The van der Waals surface area contributed by atoms with Gasteiger partial charge in [-0.25, -0.2) is 0 Å². The zero-order valence-corrected chi connectivity index (χ0v) is 20.7. The first-order chi connectivity index (χ1) is 17.3. The van der Waals surface area contributed by atoms with E-state index >= 15 is 0 Å². The molecule has 1 aliphatic heterocycles. The molecule has 0 radical (unpaired) electrons. The molecule has 8 nitrogen and oxygen atoms in total. The number of aryl methyl sites for hydroxylation is 1. The number of benzene rings is 3. The minimum atomic E-state index is -4.09. The first-order valence-electron chi connectivity index (χ1n) is 11.6. The van der Waals surface area contributed by atoms with Crippen molar-refractivity contribution in [1.82, 2.24) is 0 Å². The van der Waals surface area contributed by atoms with E-state index in [9.17, 15) is 18.6 Å². The van der Waals surface area contributed by atoms with Crippen molar-refractivity contribution in [1.29, 1.82) is 0 Å². The molecule has 5 unspecified atom stereocenters.